The standard InChI is InChI=1S/C42H28N2S/c1-4-14-29(15-5-1)35-27-40-36(33-20-10-12-22-38(33)44(40)31-18-8-3-9-19-31)28-39(35)43(30-16-6-2-7-17-30)32-24-25-42-37(26-32)34-21-11-13-23-41(34)45-42/h1-28H. The van der Waals surface area contributed by atoms with Crippen molar-refractivity contribution in [1.29, 1.82) is 0 Å². The van der Waals surface area contributed by atoms with Crippen LogP contribution in [0, 0.1) is 0 Å². The summed E-state index contributed by atoms with van der Waals surface area (Å²) >= 11 is 1.86. The summed E-state index contributed by atoms with van der Waals surface area (Å²) in [5, 5.41) is 5.06. The predicted molar refractivity (Wildman–Crippen MR) is 194 cm³/mol. The Morgan fingerprint density at radius 3 is 1.87 bits per heavy atom. The summed E-state index contributed by atoms with van der Waals surface area (Å²) < 4.78 is 5.02. The minimum Gasteiger partial charge on any atom is -0.310 e. The van der Waals surface area contributed by atoms with Crippen LogP contribution < -0.4 is 4.90 Å². The van der Waals surface area contributed by atoms with E-state index in [9.17, 15) is 0 Å². The molecule has 212 valence electrons. The molecule has 3 heteroatoms. The number of hydrogen-bond acceptors (Lipinski definition) is 2. The van der Waals surface area contributed by atoms with E-state index in [1.165, 1.54) is 53.1 Å². The third kappa shape index (κ3) is 4.24. The van der Waals surface area contributed by atoms with Gasteiger partial charge >= 0.3 is 0 Å². The summed E-state index contributed by atoms with van der Waals surface area (Å²) in [6.45, 7) is 0. The number of thiophene rings is 1. The maximum absolute atomic E-state index is 2.43. The predicted octanol–water partition coefficient (Wildman–Crippen LogP) is 12.3. The lowest BCUT2D eigenvalue weighted by Crippen LogP contribution is -2.11. The molecule has 2 aromatic heterocycles. The Labute approximate surface area is 265 Å². The van der Waals surface area contributed by atoms with Gasteiger partial charge in [0.15, 0.2) is 0 Å². The van der Waals surface area contributed by atoms with E-state index in [0.29, 0.717) is 0 Å². The Morgan fingerprint density at radius 1 is 0.422 bits per heavy atom. The van der Waals surface area contributed by atoms with Crippen molar-refractivity contribution in [2.45, 2.75) is 0 Å². The topological polar surface area (TPSA) is 8.17 Å². The molecule has 0 spiro atoms. The molecule has 45 heavy (non-hydrogen) atoms. The van der Waals surface area contributed by atoms with Crippen molar-refractivity contribution in [3.05, 3.63) is 170 Å². The summed E-state index contributed by atoms with van der Waals surface area (Å²) in [4.78, 5) is 2.43. The first-order chi connectivity index (χ1) is 22.3. The monoisotopic (exact) mass is 592 g/mol. The molecule has 0 unspecified atom stereocenters. The number of anilines is 3. The lowest BCUT2D eigenvalue weighted by molar-refractivity contribution is 1.18. The molecule has 0 saturated heterocycles. The Balaban J connectivity index is 1.39. The molecule has 0 N–H and O–H groups in total. The average molecular weight is 593 g/mol. The van der Waals surface area contributed by atoms with Crippen molar-refractivity contribution in [2.24, 2.45) is 0 Å². The van der Waals surface area contributed by atoms with Crippen molar-refractivity contribution in [3.63, 3.8) is 0 Å². The van der Waals surface area contributed by atoms with Crippen molar-refractivity contribution >= 4 is 70.4 Å². The van der Waals surface area contributed by atoms with Crippen LogP contribution in [-0.2, 0) is 0 Å². The van der Waals surface area contributed by atoms with Crippen LogP contribution in [0.1, 0.15) is 0 Å². The number of para-hydroxylation sites is 3. The molecule has 0 atom stereocenters. The molecule has 0 saturated carbocycles. The normalized spacial score (nSPS) is 11.6. The molecule has 0 aliphatic rings. The molecule has 0 aliphatic heterocycles. The highest BCUT2D eigenvalue weighted by atomic mass is 32.1. The molecule has 2 nitrogen and oxygen atoms in total. The molecule has 0 fully saturated rings. The van der Waals surface area contributed by atoms with Crippen molar-refractivity contribution in [1.82, 2.24) is 4.57 Å². The maximum Gasteiger partial charge on any atom is 0.0548 e. The van der Waals surface area contributed by atoms with Crippen LogP contribution in [0.3, 0.4) is 0 Å². The number of hydrogen-bond donors (Lipinski definition) is 0. The van der Waals surface area contributed by atoms with Crippen LogP contribution in [0.2, 0.25) is 0 Å². The quantitative estimate of drug-likeness (QED) is 0.193. The number of fused-ring (bicyclic) bond motifs is 6. The van der Waals surface area contributed by atoms with Gasteiger partial charge in [-0.15, -0.1) is 11.3 Å². The second kappa shape index (κ2) is 10.5. The highest BCUT2D eigenvalue weighted by molar-refractivity contribution is 7.25. The third-order valence-corrected chi connectivity index (χ3v) is 9.91. The van der Waals surface area contributed by atoms with E-state index >= 15 is 0 Å². The van der Waals surface area contributed by atoms with Gasteiger partial charge in [-0.05, 0) is 72.3 Å². The van der Waals surface area contributed by atoms with E-state index in [2.05, 4.69) is 179 Å². The number of benzene rings is 7. The van der Waals surface area contributed by atoms with Gasteiger partial charge in [0.25, 0.3) is 0 Å². The maximum atomic E-state index is 2.43. The van der Waals surface area contributed by atoms with Gasteiger partial charge in [-0.1, -0.05) is 103 Å². The summed E-state index contributed by atoms with van der Waals surface area (Å²) in [6.07, 6.45) is 0. The molecule has 9 aromatic rings. The number of rotatable bonds is 5. The van der Waals surface area contributed by atoms with E-state index in [1.807, 2.05) is 11.3 Å². The smallest absolute Gasteiger partial charge is 0.0548 e. The Morgan fingerprint density at radius 2 is 1.07 bits per heavy atom. The van der Waals surface area contributed by atoms with Gasteiger partial charge in [0.1, 0.15) is 0 Å². The van der Waals surface area contributed by atoms with E-state index in [-0.39, 0.29) is 0 Å². The van der Waals surface area contributed by atoms with Crippen molar-refractivity contribution < 1.29 is 0 Å². The van der Waals surface area contributed by atoms with Gasteiger partial charge < -0.3 is 9.47 Å². The van der Waals surface area contributed by atoms with E-state index in [1.54, 1.807) is 0 Å². The molecular weight excluding hydrogens is 565 g/mol. The highest BCUT2D eigenvalue weighted by Crippen LogP contribution is 2.46. The summed E-state index contributed by atoms with van der Waals surface area (Å²) in [5.74, 6) is 0. The van der Waals surface area contributed by atoms with Crippen LogP contribution in [-0.4, -0.2) is 4.57 Å². The van der Waals surface area contributed by atoms with Gasteiger partial charge in [0.2, 0.25) is 0 Å². The number of nitrogens with zero attached hydrogens (tertiary/aromatic N) is 2. The number of aromatic nitrogens is 1. The van der Waals surface area contributed by atoms with E-state index in [4.69, 9.17) is 0 Å². The molecule has 0 bridgehead atoms. The Bertz CT molecular complexity index is 2470. The lowest BCUT2D eigenvalue weighted by Gasteiger charge is -2.28. The fourth-order valence-corrected chi connectivity index (χ4v) is 7.84. The third-order valence-electron chi connectivity index (χ3n) is 8.76. The summed E-state index contributed by atoms with van der Waals surface area (Å²) in [5.41, 5.74) is 9.33. The van der Waals surface area contributed by atoms with Crippen molar-refractivity contribution in [3.8, 4) is 16.8 Å². The van der Waals surface area contributed by atoms with E-state index < -0.39 is 0 Å². The second-order valence-electron chi connectivity index (χ2n) is 11.4. The van der Waals surface area contributed by atoms with Crippen molar-refractivity contribution in [2.75, 3.05) is 4.90 Å². The first-order valence-corrected chi connectivity index (χ1v) is 16.1. The minimum absolute atomic E-state index is 1.12. The summed E-state index contributed by atoms with van der Waals surface area (Å²) in [7, 11) is 0. The second-order valence-corrected chi connectivity index (χ2v) is 12.5. The van der Waals surface area contributed by atoms with Crippen LogP contribution in [0.5, 0.6) is 0 Å². The largest absolute Gasteiger partial charge is 0.310 e. The zero-order chi connectivity index (χ0) is 29.7. The summed E-state index contributed by atoms with van der Waals surface area (Å²) in [6, 6.07) is 61.5. The Hall–Kier alpha value is -5.64. The van der Waals surface area contributed by atoms with Crippen LogP contribution in [0.4, 0.5) is 17.1 Å². The van der Waals surface area contributed by atoms with Gasteiger partial charge in [-0.2, -0.15) is 0 Å². The molecular formula is C42H28N2S. The molecule has 0 amide bonds. The SMILES string of the molecule is c1ccc(-c2cc3c(cc2N(c2ccccc2)c2ccc4sc5ccccc5c4c2)c2ccccc2n3-c2ccccc2)cc1. The fraction of sp³-hybridized carbons (Fsp3) is 0. The molecule has 2 heterocycles. The molecule has 0 aliphatic carbocycles. The van der Waals surface area contributed by atoms with Crippen LogP contribution in [0.25, 0.3) is 58.8 Å². The zero-order valence-electron chi connectivity index (χ0n) is 24.5. The lowest BCUT2D eigenvalue weighted by atomic mass is 9.99. The fourth-order valence-electron chi connectivity index (χ4n) is 6.75. The first-order valence-electron chi connectivity index (χ1n) is 15.3. The minimum atomic E-state index is 1.12. The average Bonchev–Trinajstić information content (AvgIpc) is 3.64. The van der Waals surface area contributed by atoms with Gasteiger partial charge in [0, 0.05) is 53.6 Å². The first kappa shape index (κ1) is 25.8. The molecule has 0 radical (unpaired) electrons. The van der Waals surface area contributed by atoms with E-state index in [0.717, 1.165) is 22.7 Å². The van der Waals surface area contributed by atoms with Crippen LogP contribution >= 0.6 is 11.3 Å². The zero-order valence-corrected chi connectivity index (χ0v) is 25.3. The molecule has 9 rings (SSSR count). The van der Waals surface area contributed by atoms with Gasteiger partial charge in [0.05, 0.1) is 16.7 Å². The van der Waals surface area contributed by atoms with Gasteiger partial charge in [-0.3, -0.25) is 0 Å². The van der Waals surface area contributed by atoms with Gasteiger partial charge in [-0.25, -0.2) is 0 Å². The Kier molecular flexibility index (Phi) is 6.03. The molecule has 7 aromatic carbocycles. The van der Waals surface area contributed by atoms with Crippen LogP contribution in [0.15, 0.2) is 170 Å². The highest BCUT2D eigenvalue weighted by Gasteiger charge is 2.22.